The predicted octanol–water partition coefficient (Wildman–Crippen LogP) is 21.7. The molecule has 0 aliphatic rings. The molecule has 0 rings (SSSR count). The third-order valence-electron chi connectivity index (χ3n) is 17.7. The van der Waals surface area contributed by atoms with Gasteiger partial charge >= 0.3 is 39.5 Å². The Labute approximate surface area is 580 Å². The number of phosphoric ester groups is 2. The number of rotatable bonds is 72. The summed E-state index contributed by atoms with van der Waals surface area (Å²) in [4.78, 5) is 72.8. The van der Waals surface area contributed by atoms with Gasteiger partial charge in [0.15, 0.2) is 12.2 Å². The Bertz CT molecular complexity index is 1950. The van der Waals surface area contributed by atoms with Crippen molar-refractivity contribution in [2.45, 2.75) is 381 Å². The Morgan fingerprint density at radius 2 is 0.621 bits per heavy atom. The van der Waals surface area contributed by atoms with Gasteiger partial charge in [0.1, 0.15) is 19.3 Å². The monoisotopic (exact) mass is 1390 g/mol. The Kier molecular flexibility index (Phi) is 64.4. The normalized spacial score (nSPS) is 14.8. The van der Waals surface area contributed by atoms with Gasteiger partial charge in [-0.1, -0.05) is 310 Å². The van der Waals surface area contributed by atoms with Gasteiger partial charge in [-0.05, 0) is 69.1 Å². The van der Waals surface area contributed by atoms with Crippen molar-refractivity contribution in [1.29, 1.82) is 0 Å². The van der Waals surface area contributed by atoms with Crippen molar-refractivity contribution in [3.8, 4) is 0 Å². The summed E-state index contributed by atoms with van der Waals surface area (Å²) in [6.07, 6.45) is 54.9. The quantitative estimate of drug-likeness (QED) is 0.0169. The van der Waals surface area contributed by atoms with Gasteiger partial charge in [-0.15, -0.1) is 0 Å². The first-order chi connectivity index (χ1) is 45.8. The third-order valence-corrected chi connectivity index (χ3v) is 19.6. The van der Waals surface area contributed by atoms with E-state index in [0.29, 0.717) is 25.7 Å². The van der Waals surface area contributed by atoms with E-state index in [1.807, 2.05) is 0 Å². The molecule has 95 heavy (non-hydrogen) atoms. The van der Waals surface area contributed by atoms with Crippen molar-refractivity contribution in [3.05, 3.63) is 24.3 Å². The van der Waals surface area contributed by atoms with E-state index in [1.54, 1.807) is 0 Å². The Morgan fingerprint density at radius 1 is 0.347 bits per heavy atom. The van der Waals surface area contributed by atoms with Crippen LogP contribution in [0.2, 0.25) is 0 Å². The highest BCUT2D eigenvalue weighted by molar-refractivity contribution is 7.47. The fourth-order valence-corrected chi connectivity index (χ4v) is 12.6. The van der Waals surface area contributed by atoms with Crippen LogP contribution < -0.4 is 0 Å². The second-order valence-corrected chi connectivity index (χ2v) is 30.6. The molecule has 0 aliphatic carbocycles. The summed E-state index contributed by atoms with van der Waals surface area (Å²) in [5, 5.41) is 10.6. The molecule has 4 unspecified atom stereocenters. The van der Waals surface area contributed by atoms with E-state index >= 15 is 0 Å². The van der Waals surface area contributed by atoms with Gasteiger partial charge in [-0.25, -0.2) is 9.13 Å². The SMILES string of the molecule is CCCCCC/C=C\C=C/CCCCCCCC(=O)OC[C@H](COP(=O)(O)OC[C@@H](O)COP(=O)(O)OC[C@@H](COC(=O)CCCCCCCCC(C)CC)OC(=O)CCCCCCCCCCCCCCCCC(C)CC)OC(=O)CCCCCCCCCCCC(C)C. The molecule has 0 aromatic heterocycles. The van der Waals surface area contributed by atoms with Crippen LogP contribution in [0.4, 0.5) is 0 Å². The molecule has 0 aliphatic heterocycles. The minimum atomic E-state index is -4.96. The van der Waals surface area contributed by atoms with Gasteiger partial charge in [0.2, 0.25) is 0 Å². The third kappa shape index (κ3) is 67.2. The Morgan fingerprint density at radius 3 is 0.937 bits per heavy atom. The van der Waals surface area contributed by atoms with E-state index in [4.69, 9.17) is 37.0 Å². The van der Waals surface area contributed by atoms with Crippen molar-refractivity contribution < 1.29 is 80.2 Å². The summed E-state index contributed by atoms with van der Waals surface area (Å²) in [7, 11) is -9.92. The topological polar surface area (TPSA) is 237 Å². The highest BCUT2D eigenvalue weighted by atomic mass is 31.2. The molecule has 0 heterocycles. The zero-order chi connectivity index (χ0) is 70.1. The fourth-order valence-electron chi connectivity index (χ4n) is 11.0. The van der Waals surface area contributed by atoms with E-state index < -0.39 is 97.5 Å². The van der Waals surface area contributed by atoms with Gasteiger partial charge in [0.25, 0.3) is 0 Å². The molecular formula is C76H144O17P2. The van der Waals surface area contributed by atoms with E-state index in [9.17, 15) is 43.2 Å². The van der Waals surface area contributed by atoms with Gasteiger partial charge in [0.05, 0.1) is 26.4 Å². The zero-order valence-corrected chi connectivity index (χ0v) is 63.4. The Balaban J connectivity index is 5.27. The number of carbonyl (C=O) groups excluding carboxylic acids is 4. The summed E-state index contributed by atoms with van der Waals surface area (Å²) in [5.41, 5.74) is 0. The molecule has 0 saturated heterocycles. The molecule has 0 saturated carbocycles. The summed E-state index contributed by atoms with van der Waals surface area (Å²) in [6.45, 7) is 11.8. The van der Waals surface area contributed by atoms with Crippen LogP contribution >= 0.6 is 15.6 Å². The van der Waals surface area contributed by atoms with Crippen molar-refractivity contribution in [2.75, 3.05) is 39.6 Å². The molecule has 0 aromatic rings. The van der Waals surface area contributed by atoms with Crippen LogP contribution in [-0.2, 0) is 65.4 Å². The molecule has 19 heteroatoms. The maximum atomic E-state index is 13.1. The number of esters is 4. The highest BCUT2D eigenvalue weighted by Crippen LogP contribution is 2.45. The van der Waals surface area contributed by atoms with Crippen LogP contribution in [0, 0.1) is 17.8 Å². The van der Waals surface area contributed by atoms with E-state index in [2.05, 4.69) is 72.8 Å². The lowest BCUT2D eigenvalue weighted by molar-refractivity contribution is -0.161. The molecule has 0 radical (unpaired) electrons. The lowest BCUT2D eigenvalue weighted by atomic mass is 9.99. The van der Waals surface area contributed by atoms with E-state index in [1.165, 1.54) is 148 Å². The minimum Gasteiger partial charge on any atom is -0.462 e. The summed E-state index contributed by atoms with van der Waals surface area (Å²) in [5.74, 6) is 0.157. The first-order valence-electron chi connectivity index (χ1n) is 38.7. The number of hydrogen-bond donors (Lipinski definition) is 3. The molecule has 17 nitrogen and oxygen atoms in total. The van der Waals surface area contributed by atoms with Crippen molar-refractivity contribution in [1.82, 2.24) is 0 Å². The number of carbonyl (C=O) groups is 4. The van der Waals surface area contributed by atoms with Crippen molar-refractivity contribution in [3.63, 3.8) is 0 Å². The average Bonchev–Trinajstić information content (AvgIpc) is 1.46. The molecule has 0 amide bonds. The summed E-state index contributed by atoms with van der Waals surface area (Å²) >= 11 is 0. The fraction of sp³-hybridized carbons (Fsp3) is 0.895. The highest BCUT2D eigenvalue weighted by Gasteiger charge is 2.30. The van der Waals surface area contributed by atoms with Gasteiger partial charge in [-0.3, -0.25) is 37.3 Å². The lowest BCUT2D eigenvalue weighted by Crippen LogP contribution is -2.30. The van der Waals surface area contributed by atoms with Crippen LogP contribution in [-0.4, -0.2) is 96.7 Å². The van der Waals surface area contributed by atoms with Gasteiger partial charge in [0, 0.05) is 25.7 Å². The van der Waals surface area contributed by atoms with E-state index in [-0.39, 0.29) is 25.7 Å². The molecule has 560 valence electrons. The van der Waals surface area contributed by atoms with Crippen LogP contribution in [0.25, 0.3) is 0 Å². The van der Waals surface area contributed by atoms with Crippen LogP contribution in [0.5, 0.6) is 0 Å². The second kappa shape index (κ2) is 66.1. The lowest BCUT2D eigenvalue weighted by Gasteiger charge is -2.21. The maximum Gasteiger partial charge on any atom is 0.472 e. The first-order valence-corrected chi connectivity index (χ1v) is 41.7. The standard InChI is InChI=1S/C76H144O17P2/c1-8-11-12-13-14-15-16-17-18-22-25-30-35-43-50-57-73(78)86-63-71(92-76(81)60-53-46-37-32-27-28-33-40-47-54-67(4)5)65-90-94(82,83)88-61-70(77)62-89-95(84,85)91-66-72(64-87-74(79)58-51-44-39-38-42-49-56-69(7)10-3)93-75(80)59-52-45-36-31-26-23-20-19-21-24-29-34-41-48-55-68(6)9-2/h15-18,67-72,77H,8-14,19-66H2,1-7H3,(H,82,83)(H,84,85)/b16-15-,18-17-/t68?,69?,70-,71-,72-/m1/s1. The molecule has 7 atom stereocenters. The summed E-state index contributed by atoms with van der Waals surface area (Å²) in [6, 6.07) is 0. The summed E-state index contributed by atoms with van der Waals surface area (Å²) < 4.78 is 68.5. The number of aliphatic hydroxyl groups is 1. The first kappa shape index (κ1) is 92.5. The zero-order valence-electron chi connectivity index (χ0n) is 61.6. The number of aliphatic hydroxyl groups excluding tert-OH is 1. The predicted molar refractivity (Wildman–Crippen MR) is 386 cm³/mol. The molecule has 0 fully saturated rings. The number of unbranched alkanes of at least 4 members (excludes halogenated alkanes) is 35. The minimum absolute atomic E-state index is 0.0981. The largest absolute Gasteiger partial charge is 0.472 e. The number of allylic oxidation sites excluding steroid dienone is 4. The van der Waals surface area contributed by atoms with Crippen LogP contribution in [0.15, 0.2) is 24.3 Å². The number of hydrogen-bond acceptors (Lipinski definition) is 15. The van der Waals surface area contributed by atoms with Crippen molar-refractivity contribution >= 4 is 39.5 Å². The Hall–Kier alpha value is -2.46. The van der Waals surface area contributed by atoms with E-state index in [0.717, 1.165) is 133 Å². The molecule has 3 N–H and O–H groups in total. The van der Waals surface area contributed by atoms with Gasteiger partial charge in [-0.2, -0.15) is 0 Å². The second-order valence-electron chi connectivity index (χ2n) is 27.7. The van der Waals surface area contributed by atoms with Crippen LogP contribution in [0.1, 0.15) is 363 Å². The smallest absolute Gasteiger partial charge is 0.462 e. The van der Waals surface area contributed by atoms with Crippen LogP contribution in [0.3, 0.4) is 0 Å². The number of phosphoric acid groups is 2. The molecular weight excluding hydrogens is 1250 g/mol. The van der Waals surface area contributed by atoms with Gasteiger partial charge < -0.3 is 33.8 Å². The molecule has 0 spiro atoms. The maximum absolute atomic E-state index is 13.1. The number of ether oxygens (including phenoxy) is 4. The van der Waals surface area contributed by atoms with Crippen molar-refractivity contribution in [2.24, 2.45) is 17.8 Å². The average molecular weight is 1390 g/mol. The molecule has 0 aromatic carbocycles. The molecule has 0 bridgehead atoms.